The second-order valence-corrected chi connectivity index (χ2v) is 6.55. The number of nitrogens with zero attached hydrogens (tertiary/aromatic N) is 1. The molecule has 0 unspecified atom stereocenters. The van der Waals surface area contributed by atoms with Gasteiger partial charge in [-0.2, -0.15) is 0 Å². The number of amides is 2. The number of hydrogen-bond acceptors (Lipinski definition) is 3. The molecule has 1 aromatic carbocycles. The van der Waals surface area contributed by atoms with Crippen molar-refractivity contribution in [3.05, 3.63) is 35.4 Å². The summed E-state index contributed by atoms with van der Waals surface area (Å²) in [6, 6.07) is 7.87. The molecular formula is C18H24N2O3. The third-order valence-electron chi connectivity index (χ3n) is 4.87. The van der Waals surface area contributed by atoms with Gasteiger partial charge in [-0.05, 0) is 25.3 Å². The number of likely N-dealkylation sites (tertiary alicyclic amines) is 1. The Bertz CT molecular complexity index is 578. The average molecular weight is 316 g/mol. The van der Waals surface area contributed by atoms with Crippen molar-refractivity contribution in [3.8, 4) is 0 Å². The molecule has 0 spiro atoms. The van der Waals surface area contributed by atoms with Crippen LogP contribution >= 0.6 is 0 Å². The predicted molar refractivity (Wildman–Crippen MR) is 86.8 cm³/mol. The lowest BCUT2D eigenvalue weighted by Gasteiger charge is -2.25. The molecule has 0 saturated carbocycles. The SMILES string of the molecule is Cc1ccc([C@@H]2[C@H](C(=O)NC[C@H]3CCCO3)CC(=O)N2C)cc1. The lowest BCUT2D eigenvalue weighted by Crippen LogP contribution is -2.38. The monoisotopic (exact) mass is 316 g/mol. The summed E-state index contributed by atoms with van der Waals surface area (Å²) < 4.78 is 5.54. The van der Waals surface area contributed by atoms with Crippen LogP contribution < -0.4 is 5.32 Å². The zero-order valence-corrected chi connectivity index (χ0v) is 13.7. The van der Waals surface area contributed by atoms with E-state index >= 15 is 0 Å². The van der Waals surface area contributed by atoms with Gasteiger partial charge in [0.25, 0.3) is 0 Å². The molecule has 3 rings (SSSR count). The molecule has 2 aliphatic rings. The summed E-state index contributed by atoms with van der Waals surface area (Å²) in [6.07, 6.45) is 2.43. The van der Waals surface area contributed by atoms with Gasteiger partial charge in [0, 0.05) is 26.6 Å². The number of ether oxygens (including phenoxy) is 1. The van der Waals surface area contributed by atoms with E-state index in [-0.39, 0.29) is 36.3 Å². The number of hydrogen-bond donors (Lipinski definition) is 1. The number of carbonyl (C=O) groups is 2. The van der Waals surface area contributed by atoms with Crippen LogP contribution in [0.15, 0.2) is 24.3 Å². The van der Waals surface area contributed by atoms with Gasteiger partial charge in [0.05, 0.1) is 18.1 Å². The van der Waals surface area contributed by atoms with Crippen molar-refractivity contribution in [2.24, 2.45) is 5.92 Å². The quantitative estimate of drug-likeness (QED) is 0.921. The van der Waals surface area contributed by atoms with Gasteiger partial charge in [0.15, 0.2) is 0 Å². The average Bonchev–Trinajstić information content (AvgIpc) is 3.15. The van der Waals surface area contributed by atoms with Crippen molar-refractivity contribution in [1.29, 1.82) is 0 Å². The fraction of sp³-hybridized carbons (Fsp3) is 0.556. The van der Waals surface area contributed by atoms with Crippen molar-refractivity contribution < 1.29 is 14.3 Å². The molecule has 5 heteroatoms. The number of rotatable bonds is 4. The molecule has 2 saturated heterocycles. The molecule has 0 aliphatic carbocycles. The number of aryl methyl sites for hydroxylation is 1. The second-order valence-electron chi connectivity index (χ2n) is 6.55. The normalized spacial score (nSPS) is 27.5. The Balaban J connectivity index is 1.71. The van der Waals surface area contributed by atoms with Crippen LogP contribution in [-0.4, -0.2) is 43.0 Å². The van der Waals surface area contributed by atoms with Gasteiger partial charge in [-0.3, -0.25) is 9.59 Å². The van der Waals surface area contributed by atoms with Crippen molar-refractivity contribution in [2.75, 3.05) is 20.2 Å². The second kappa shape index (κ2) is 6.71. The van der Waals surface area contributed by atoms with Crippen molar-refractivity contribution in [3.63, 3.8) is 0 Å². The van der Waals surface area contributed by atoms with Gasteiger partial charge in [0.2, 0.25) is 11.8 Å². The minimum Gasteiger partial charge on any atom is -0.376 e. The fourth-order valence-electron chi connectivity index (χ4n) is 3.48. The van der Waals surface area contributed by atoms with Crippen LogP contribution in [0.4, 0.5) is 0 Å². The Labute approximate surface area is 137 Å². The summed E-state index contributed by atoms with van der Waals surface area (Å²) in [6.45, 7) is 3.34. The first kappa shape index (κ1) is 16.0. The van der Waals surface area contributed by atoms with Crippen LogP contribution in [0, 0.1) is 12.8 Å². The molecule has 0 radical (unpaired) electrons. The highest BCUT2D eigenvalue weighted by Crippen LogP contribution is 2.37. The smallest absolute Gasteiger partial charge is 0.226 e. The van der Waals surface area contributed by atoms with E-state index in [1.165, 1.54) is 5.56 Å². The van der Waals surface area contributed by atoms with Gasteiger partial charge in [-0.15, -0.1) is 0 Å². The Kier molecular flexibility index (Phi) is 4.66. The maximum absolute atomic E-state index is 12.6. The van der Waals surface area contributed by atoms with E-state index in [2.05, 4.69) is 5.32 Å². The molecule has 3 atom stereocenters. The van der Waals surface area contributed by atoms with Crippen LogP contribution in [0.1, 0.15) is 36.4 Å². The lowest BCUT2D eigenvalue weighted by atomic mass is 9.92. The molecule has 2 aliphatic heterocycles. The Morgan fingerprint density at radius 1 is 1.35 bits per heavy atom. The van der Waals surface area contributed by atoms with E-state index in [9.17, 15) is 9.59 Å². The Morgan fingerprint density at radius 3 is 2.74 bits per heavy atom. The maximum Gasteiger partial charge on any atom is 0.226 e. The first-order chi connectivity index (χ1) is 11.1. The predicted octanol–water partition coefficient (Wildman–Crippen LogP) is 1.81. The van der Waals surface area contributed by atoms with E-state index in [0.29, 0.717) is 6.54 Å². The van der Waals surface area contributed by atoms with Crippen LogP contribution in [-0.2, 0) is 14.3 Å². The Hall–Kier alpha value is -1.88. The molecule has 0 aromatic heterocycles. The molecule has 23 heavy (non-hydrogen) atoms. The molecule has 124 valence electrons. The highest BCUT2D eigenvalue weighted by atomic mass is 16.5. The van der Waals surface area contributed by atoms with Crippen LogP contribution in [0.5, 0.6) is 0 Å². The minimum atomic E-state index is -0.336. The lowest BCUT2D eigenvalue weighted by molar-refractivity contribution is -0.128. The number of benzene rings is 1. The summed E-state index contributed by atoms with van der Waals surface area (Å²) in [4.78, 5) is 26.4. The van der Waals surface area contributed by atoms with Gasteiger partial charge in [0.1, 0.15) is 0 Å². The molecule has 5 nitrogen and oxygen atoms in total. The highest BCUT2D eigenvalue weighted by molar-refractivity contribution is 5.90. The number of carbonyl (C=O) groups excluding carboxylic acids is 2. The zero-order chi connectivity index (χ0) is 16.4. The van der Waals surface area contributed by atoms with Crippen molar-refractivity contribution in [2.45, 2.75) is 38.3 Å². The van der Waals surface area contributed by atoms with Crippen molar-refractivity contribution in [1.82, 2.24) is 10.2 Å². The third kappa shape index (κ3) is 3.39. The first-order valence-electron chi connectivity index (χ1n) is 8.28. The standard InChI is InChI=1S/C18H24N2O3/c1-12-5-7-13(8-6-12)17-15(10-16(21)20(17)2)18(22)19-11-14-4-3-9-23-14/h5-8,14-15,17H,3-4,9-11H2,1-2H3,(H,19,22)/t14-,15-,17-/m1/s1. The summed E-state index contributed by atoms with van der Waals surface area (Å²) in [5.74, 6) is -0.367. The first-order valence-corrected chi connectivity index (χ1v) is 8.28. The van der Waals surface area contributed by atoms with E-state index in [1.54, 1.807) is 11.9 Å². The van der Waals surface area contributed by atoms with Gasteiger partial charge >= 0.3 is 0 Å². The largest absolute Gasteiger partial charge is 0.376 e. The van der Waals surface area contributed by atoms with Gasteiger partial charge in [-0.25, -0.2) is 0 Å². The van der Waals surface area contributed by atoms with E-state index < -0.39 is 0 Å². The third-order valence-corrected chi connectivity index (χ3v) is 4.87. The number of nitrogens with one attached hydrogen (secondary N) is 1. The van der Waals surface area contributed by atoms with Gasteiger partial charge in [-0.1, -0.05) is 29.8 Å². The molecular weight excluding hydrogens is 292 g/mol. The molecule has 2 fully saturated rings. The van der Waals surface area contributed by atoms with Gasteiger partial charge < -0.3 is 15.0 Å². The van der Waals surface area contributed by atoms with Crippen LogP contribution in [0.3, 0.4) is 0 Å². The van der Waals surface area contributed by atoms with Crippen LogP contribution in [0.2, 0.25) is 0 Å². The fourth-order valence-corrected chi connectivity index (χ4v) is 3.48. The van der Waals surface area contributed by atoms with E-state index in [4.69, 9.17) is 4.74 Å². The molecule has 2 amide bonds. The van der Waals surface area contributed by atoms with Crippen LogP contribution in [0.25, 0.3) is 0 Å². The summed E-state index contributed by atoms with van der Waals surface area (Å²) in [5, 5.41) is 2.98. The summed E-state index contributed by atoms with van der Waals surface area (Å²) in [5.41, 5.74) is 2.18. The van der Waals surface area contributed by atoms with E-state index in [1.807, 2.05) is 31.2 Å². The molecule has 1 aromatic rings. The summed E-state index contributed by atoms with van der Waals surface area (Å²) >= 11 is 0. The zero-order valence-electron chi connectivity index (χ0n) is 13.7. The minimum absolute atomic E-state index is 0.0211. The molecule has 2 heterocycles. The molecule has 0 bridgehead atoms. The highest BCUT2D eigenvalue weighted by Gasteiger charge is 2.42. The van der Waals surface area contributed by atoms with E-state index in [0.717, 1.165) is 25.0 Å². The Morgan fingerprint density at radius 2 is 2.09 bits per heavy atom. The molecule has 1 N–H and O–H groups in total. The van der Waals surface area contributed by atoms with Crippen molar-refractivity contribution >= 4 is 11.8 Å². The summed E-state index contributed by atoms with van der Waals surface area (Å²) in [7, 11) is 1.78. The maximum atomic E-state index is 12.6. The topological polar surface area (TPSA) is 58.6 Å².